The highest BCUT2D eigenvalue weighted by molar-refractivity contribution is 5.80. The van der Waals surface area contributed by atoms with Gasteiger partial charge in [0.1, 0.15) is 24.9 Å². The van der Waals surface area contributed by atoms with E-state index in [9.17, 15) is 13.6 Å². The largest absolute Gasteiger partial charge is 0.493 e. The van der Waals surface area contributed by atoms with Crippen molar-refractivity contribution in [1.29, 1.82) is 0 Å². The highest BCUT2D eigenvalue weighted by Crippen LogP contribution is 2.34. The molecule has 0 N–H and O–H groups in total. The standard InChI is InChI=1S/C18H16F2O5/c1-22-16-8-11(6-7-15(16)25-18(19)20)9-24-17(21)13-10-23-14-5-3-2-4-12(13)14/h2-8,13,18H,9-10H2,1H3. The second-order valence-corrected chi connectivity index (χ2v) is 5.37. The summed E-state index contributed by atoms with van der Waals surface area (Å²) < 4.78 is 44.8. The third-order valence-corrected chi connectivity index (χ3v) is 3.81. The van der Waals surface area contributed by atoms with Crippen LogP contribution in [0.2, 0.25) is 0 Å². The highest BCUT2D eigenvalue weighted by atomic mass is 19.3. The Hall–Kier alpha value is -2.83. The molecule has 0 bridgehead atoms. The summed E-state index contributed by atoms with van der Waals surface area (Å²) in [6.07, 6.45) is 0. The number of rotatable bonds is 6. The van der Waals surface area contributed by atoms with Gasteiger partial charge < -0.3 is 18.9 Å². The minimum Gasteiger partial charge on any atom is -0.493 e. The van der Waals surface area contributed by atoms with E-state index in [-0.39, 0.29) is 24.7 Å². The van der Waals surface area contributed by atoms with Crippen LogP contribution < -0.4 is 14.2 Å². The van der Waals surface area contributed by atoms with Crippen LogP contribution in [0.1, 0.15) is 17.0 Å². The van der Waals surface area contributed by atoms with Gasteiger partial charge in [0.15, 0.2) is 11.5 Å². The summed E-state index contributed by atoms with van der Waals surface area (Å²) in [5.74, 6) is -0.134. The van der Waals surface area contributed by atoms with Crippen molar-refractivity contribution in [3.63, 3.8) is 0 Å². The molecule has 0 aromatic heterocycles. The van der Waals surface area contributed by atoms with Gasteiger partial charge in [-0.2, -0.15) is 8.78 Å². The molecule has 25 heavy (non-hydrogen) atoms. The van der Waals surface area contributed by atoms with Gasteiger partial charge in [-0.1, -0.05) is 24.3 Å². The number of alkyl halides is 2. The van der Waals surface area contributed by atoms with Crippen molar-refractivity contribution in [2.75, 3.05) is 13.7 Å². The summed E-state index contributed by atoms with van der Waals surface area (Å²) in [7, 11) is 1.34. The van der Waals surface area contributed by atoms with E-state index in [1.807, 2.05) is 18.2 Å². The Morgan fingerprint density at radius 3 is 2.80 bits per heavy atom. The maximum absolute atomic E-state index is 12.3. The molecule has 0 spiro atoms. The zero-order valence-corrected chi connectivity index (χ0v) is 13.4. The van der Waals surface area contributed by atoms with E-state index in [0.29, 0.717) is 11.3 Å². The lowest BCUT2D eigenvalue weighted by molar-refractivity contribution is -0.147. The normalized spacial score (nSPS) is 15.4. The van der Waals surface area contributed by atoms with Crippen molar-refractivity contribution < 1.29 is 32.5 Å². The highest BCUT2D eigenvalue weighted by Gasteiger charge is 2.31. The van der Waals surface area contributed by atoms with Crippen molar-refractivity contribution in [2.24, 2.45) is 0 Å². The fourth-order valence-corrected chi connectivity index (χ4v) is 2.61. The van der Waals surface area contributed by atoms with Crippen molar-refractivity contribution in [3.8, 4) is 17.2 Å². The number of carbonyl (C=O) groups excluding carboxylic acids is 1. The summed E-state index contributed by atoms with van der Waals surface area (Å²) >= 11 is 0. The van der Waals surface area contributed by atoms with Gasteiger partial charge in [0.2, 0.25) is 0 Å². The second kappa shape index (κ2) is 7.38. The Balaban J connectivity index is 1.65. The third kappa shape index (κ3) is 3.81. The number of carbonyl (C=O) groups is 1. The number of para-hydroxylation sites is 1. The van der Waals surface area contributed by atoms with E-state index in [1.165, 1.54) is 25.3 Å². The van der Waals surface area contributed by atoms with Crippen LogP contribution >= 0.6 is 0 Å². The smallest absolute Gasteiger partial charge is 0.387 e. The molecule has 1 heterocycles. The maximum Gasteiger partial charge on any atom is 0.387 e. The van der Waals surface area contributed by atoms with Gasteiger partial charge in [-0.05, 0) is 23.8 Å². The number of ether oxygens (including phenoxy) is 4. The molecule has 0 radical (unpaired) electrons. The predicted molar refractivity (Wildman–Crippen MR) is 84.1 cm³/mol. The lowest BCUT2D eigenvalue weighted by Gasteiger charge is -2.13. The Morgan fingerprint density at radius 1 is 1.24 bits per heavy atom. The van der Waals surface area contributed by atoms with E-state index in [0.717, 1.165) is 5.56 Å². The topological polar surface area (TPSA) is 54.0 Å². The summed E-state index contributed by atoms with van der Waals surface area (Å²) in [4.78, 5) is 12.3. The van der Waals surface area contributed by atoms with E-state index in [2.05, 4.69) is 4.74 Å². The first-order chi connectivity index (χ1) is 12.1. The van der Waals surface area contributed by atoms with Gasteiger partial charge in [-0.3, -0.25) is 4.79 Å². The molecule has 5 nitrogen and oxygen atoms in total. The number of hydrogen-bond donors (Lipinski definition) is 0. The Kier molecular flexibility index (Phi) is 5.02. The average Bonchev–Trinajstić information content (AvgIpc) is 3.04. The van der Waals surface area contributed by atoms with Crippen LogP contribution in [-0.4, -0.2) is 26.3 Å². The molecular weight excluding hydrogens is 334 g/mol. The lowest BCUT2D eigenvalue weighted by Crippen LogP contribution is -2.17. The van der Waals surface area contributed by atoms with E-state index in [4.69, 9.17) is 14.2 Å². The quantitative estimate of drug-likeness (QED) is 0.746. The molecular formula is C18H16F2O5. The fraction of sp³-hybridized carbons (Fsp3) is 0.278. The predicted octanol–water partition coefficient (Wildman–Crippen LogP) is 3.52. The van der Waals surface area contributed by atoms with Crippen LogP contribution in [0.25, 0.3) is 0 Å². The Morgan fingerprint density at radius 2 is 2.04 bits per heavy atom. The molecule has 1 aliphatic heterocycles. The molecule has 3 rings (SSSR count). The summed E-state index contributed by atoms with van der Waals surface area (Å²) in [5.41, 5.74) is 1.39. The third-order valence-electron chi connectivity index (χ3n) is 3.81. The second-order valence-electron chi connectivity index (χ2n) is 5.37. The molecule has 0 fully saturated rings. The molecule has 0 saturated heterocycles. The molecule has 0 amide bonds. The van der Waals surface area contributed by atoms with Crippen molar-refractivity contribution in [3.05, 3.63) is 53.6 Å². The summed E-state index contributed by atoms with van der Waals surface area (Å²) in [6, 6.07) is 11.7. The lowest BCUT2D eigenvalue weighted by atomic mass is 10.0. The van der Waals surface area contributed by atoms with Crippen molar-refractivity contribution in [2.45, 2.75) is 19.1 Å². The number of benzene rings is 2. The Labute approximate surface area is 143 Å². The number of hydrogen-bond acceptors (Lipinski definition) is 5. The van der Waals surface area contributed by atoms with Gasteiger partial charge in [-0.25, -0.2) is 0 Å². The SMILES string of the molecule is COc1cc(COC(=O)C2COc3ccccc32)ccc1OC(F)F. The Bertz CT molecular complexity index is 763. The minimum absolute atomic E-state index is 0.0111. The van der Waals surface area contributed by atoms with Gasteiger partial charge in [0, 0.05) is 5.56 Å². The number of halogens is 2. The van der Waals surface area contributed by atoms with Gasteiger partial charge in [0.25, 0.3) is 0 Å². The molecule has 0 saturated carbocycles. The molecule has 2 aromatic carbocycles. The van der Waals surface area contributed by atoms with E-state index < -0.39 is 18.5 Å². The molecule has 1 aliphatic rings. The molecule has 2 aromatic rings. The number of fused-ring (bicyclic) bond motifs is 1. The molecule has 0 aliphatic carbocycles. The first kappa shape index (κ1) is 17.0. The van der Waals surface area contributed by atoms with Crippen LogP contribution in [0.5, 0.6) is 17.2 Å². The maximum atomic E-state index is 12.3. The summed E-state index contributed by atoms with van der Waals surface area (Å²) in [6.45, 7) is -2.72. The van der Waals surface area contributed by atoms with E-state index >= 15 is 0 Å². The van der Waals surface area contributed by atoms with Gasteiger partial charge >= 0.3 is 12.6 Å². The van der Waals surface area contributed by atoms with Crippen LogP contribution in [0, 0.1) is 0 Å². The van der Waals surface area contributed by atoms with Crippen molar-refractivity contribution >= 4 is 5.97 Å². The van der Waals surface area contributed by atoms with Gasteiger partial charge in [-0.15, -0.1) is 0 Å². The zero-order valence-electron chi connectivity index (χ0n) is 13.4. The fourth-order valence-electron chi connectivity index (χ4n) is 2.61. The molecule has 1 unspecified atom stereocenters. The molecule has 7 heteroatoms. The number of esters is 1. The molecule has 1 atom stereocenters. The van der Waals surface area contributed by atoms with Crippen LogP contribution in [0.15, 0.2) is 42.5 Å². The van der Waals surface area contributed by atoms with Crippen LogP contribution in [-0.2, 0) is 16.1 Å². The minimum atomic E-state index is -2.94. The molecule has 132 valence electrons. The first-order valence-corrected chi connectivity index (χ1v) is 7.58. The van der Waals surface area contributed by atoms with Crippen LogP contribution in [0.4, 0.5) is 8.78 Å². The van der Waals surface area contributed by atoms with Crippen LogP contribution in [0.3, 0.4) is 0 Å². The monoisotopic (exact) mass is 350 g/mol. The first-order valence-electron chi connectivity index (χ1n) is 7.58. The van der Waals surface area contributed by atoms with Gasteiger partial charge in [0.05, 0.1) is 7.11 Å². The van der Waals surface area contributed by atoms with E-state index in [1.54, 1.807) is 6.07 Å². The number of methoxy groups -OCH3 is 1. The summed E-state index contributed by atoms with van der Waals surface area (Å²) in [5, 5.41) is 0. The van der Waals surface area contributed by atoms with Crippen molar-refractivity contribution in [1.82, 2.24) is 0 Å². The average molecular weight is 350 g/mol. The zero-order chi connectivity index (χ0) is 17.8.